The summed E-state index contributed by atoms with van der Waals surface area (Å²) in [6.45, 7) is 4.11. The quantitative estimate of drug-likeness (QED) is 0.675. The van der Waals surface area contributed by atoms with Gasteiger partial charge in [-0.3, -0.25) is 10.1 Å². The van der Waals surface area contributed by atoms with Gasteiger partial charge in [-0.05, 0) is 24.5 Å². The molecule has 0 saturated heterocycles. The second-order valence-electron chi connectivity index (χ2n) is 4.40. The van der Waals surface area contributed by atoms with E-state index in [1.165, 1.54) is 10.2 Å². The van der Waals surface area contributed by atoms with Crippen molar-refractivity contribution in [2.45, 2.75) is 26.8 Å². The van der Waals surface area contributed by atoms with E-state index in [2.05, 4.69) is 12.0 Å². The topological polar surface area (TPSA) is 87.0 Å². The largest absolute Gasteiger partial charge is 0.378 e. The van der Waals surface area contributed by atoms with E-state index in [-0.39, 0.29) is 11.5 Å². The van der Waals surface area contributed by atoms with Crippen molar-refractivity contribution >= 4 is 11.5 Å². The van der Waals surface area contributed by atoms with E-state index in [0.29, 0.717) is 12.2 Å². The van der Waals surface area contributed by atoms with Gasteiger partial charge in [0.25, 0.3) is 0 Å². The lowest BCUT2D eigenvalue weighted by atomic mass is 10.1. The van der Waals surface area contributed by atoms with Crippen molar-refractivity contribution in [3.05, 3.63) is 51.2 Å². The van der Waals surface area contributed by atoms with Crippen molar-refractivity contribution in [1.82, 2.24) is 9.78 Å². The molecule has 6 nitrogen and oxygen atoms in total. The predicted molar refractivity (Wildman–Crippen MR) is 73.0 cm³/mol. The molecule has 0 aliphatic heterocycles. The first-order valence-electron chi connectivity index (χ1n) is 6.08. The average Bonchev–Trinajstić information content (AvgIpc) is 2.65. The first-order chi connectivity index (χ1) is 9.02. The molecule has 2 aromatic rings. The molecule has 2 rings (SSSR count). The van der Waals surface area contributed by atoms with Gasteiger partial charge in [0.2, 0.25) is 5.82 Å². The zero-order valence-corrected chi connectivity index (χ0v) is 11.0. The highest BCUT2D eigenvalue weighted by molar-refractivity contribution is 5.56. The summed E-state index contributed by atoms with van der Waals surface area (Å²) in [4.78, 5) is 10.4. The predicted octanol–water partition coefficient (Wildman–Crippen LogP) is 2.29. The van der Waals surface area contributed by atoms with Crippen LogP contribution < -0.4 is 5.73 Å². The van der Waals surface area contributed by atoms with Crippen molar-refractivity contribution in [3.8, 4) is 0 Å². The van der Waals surface area contributed by atoms with E-state index in [4.69, 9.17) is 5.73 Å². The molecule has 100 valence electrons. The fourth-order valence-electron chi connectivity index (χ4n) is 1.99. The Hall–Kier alpha value is -2.37. The summed E-state index contributed by atoms with van der Waals surface area (Å²) in [6, 6.07) is 8.05. The average molecular weight is 260 g/mol. The molecular formula is C13H16N4O2. The zero-order chi connectivity index (χ0) is 14.0. The number of hydrogen-bond donors (Lipinski definition) is 1. The van der Waals surface area contributed by atoms with E-state index >= 15 is 0 Å². The van der Waals surface area contributed by atoms with Crippen molar-refractivity contribution in [2.75, 3.05) is 5.73 Å². The molecule has 0 radical (unpaired) electrons. The van der Waals surface area contributed by atoms with Crippen LogP contribution in [-0.2, 0) is 13.0 Å². The SMILES string of the molecule is CCc1ccc(Cn2nc(C)c([N+](=O)[O-])c2N)cc1. The van der Waals surface area contributed by atoms with Gasteiger partial charge in [0, 0.05) is 0 Å². The maximum atomic E-state index is 10.9. The van der Waals surface area contributed by atoms with Crippen LogP contribution in [0, 0.1) is 17.0 Å². The number of aromatic nitrogens is 2. The Kier molecular flexibility index (Phi) is 3.50. The molecule has 0 unspecified atom stereocenters. The van der Waals surface area contributed by atoms with Crippen LogP contribution in [-0.4, -0.2) is 14.7 Å². The van der Waals surface area contributed by atoms with Gasteiger partial charge < -0.3 is 5.73 Å². The monoisotopic (exact) mass is 260 g/mol. The minimum atomic E-state index is -0.492. The number of benzene rings is 1. The molecule has 0 fully saturated rings. The van der Waals surface area contributed by atoms with E-state index < -0.39 is 4.92 Å². The van der Waals surface area contributed by atoms with Gasteiger partial charge in [-0.2, -0.15) is 5.10 Å². The number of anilines is 1. The van der Waals surface area contributed by atoms with E-state index in [1.807, 2.05) is 24.3 Å². The number of rotatable bonds is 4. The van der Waals surface area contributed by atoms with E-state index in [9.17, 15) is 10.1 Å². The Bertz CT molecular complexity index is 602. The Labute approximate surface area is 111 Å². The maximum Gasteiger partial charge on any atom is 0.333 e. The standard InChI is InChI=1S/C13H16N4O2/c1-3-10-4-6-11(7-5-10)8-16-13(14)12(17(18)19)9(2)15-16/h4-7H,3,8,14H2,1-2H3. The molecule has 0 aliphatic rings. The lowest BCUT2D eigenvalue weighted by Gasteiger charge is -2.04. The van der Waals surface area contributed by atoms with Crippen LogP contribution in [0.3, 0.4) is 0 Å². The number of aryl methyl sites for hydroxylation is 2. The van der Waals surface area contributed by atoms with Crippen LogP contribution in [0.1, 0.15) is 23.7 Å². The molecular weight excluding hydrogens is 244 g/mol. The summed E-state index contributed by atoms with van der Waals surface area (Å²) >= 11 is 0. The third kappa shape index (κ3) is 2.57. The number of nitrogens with zero attached hydrogens (tertiary/aromatic N) is 3. The molecule has 0 saturated carbocycles. The summed E-state index contributed by atoms with van der Waals surface area (Å²) in [5.41, 5.74) is 8.27. The van der Waals surface area contributed by atoms with Gasteiger partial charge in [-0.1, -0.05) is 31.2 Å². The van der Waals surface area contributed by atoms with E-state index in [1.54, 1.807) is 6.92 Å². The summed E-state index contributed by atoms with van der Waals surface area (Å²) < 4.78 is 1.47. The molecule has 0 bridgehead atoms. The lowest BCUT2D eigenvalue weighted by molar-refractivity contribution is -0.384. The van der Waals surface area contributed by atoms with Gasteiger partial charge in [-0.15, -0.1) is 0 Å². The Balaban J connectivity index is 2.28. The second-order valence-corrected chi connectivity index (χ2v) is 4.40. The van der Waals surface area contributed by atoms with Crippen LogP contribution in [0.2, 0.25) is 0 Å². The minimum absolute atomic E-state index is 0.0991. The van der Waals surface area contributed by atoms with Crippen molar-refractivity contribution in [2.24, 2.45) is 0 Å². The fraction of sp³-hybridized carbons (Fsp3) is 0.308. The van der Waals surface area contributed by atoms with Gasteiger partial charge in [0.15, 0.2) is 0 Å². The Morgan fingerprint density at radius 1 is 1.32 bits per heavy atom. The van der Waals surface area contributed by atoms with Gasteiger partial charge in [0.05, 0.1) is 11.5 Å². The van der Waals surface area contributed by atoms with Gasteiger partial charge in [0.1, 0.15) is 5.69 Å². The fourth-order valence-corrected chi connectivity index (χ4v) is 1.99. The summed E-state index contributed by atoms with van der Waals surface area (Å²) in [5.74, 6) is 0.0991. The molecule has 0 amide bonds. The summed E-state index contributed by atoms with van der Waals surface area (Å²) in [5, 5.41) is 15.0. The number of hydrogen-bond acceptors (Lipinski definition) is 4. The normalized spacial score (nSPS) is 10.6. The zero-order valence-electron chi connectivity index (χ0n) is 11.0. The number of nitrogen functional groups attached to an aromatic ring is 1. The highest BCUT2D eigenvalue weighted by Gasteiger charge is 2.22. The highest BCUT2D eigenvalue weighted by Crippen LogP contribution is 2.25. The molecule has 19 heavy (non-hydrogen) atoms. The second kappa shape index (κ2) is 5.09. The van der Waals surface area contributed by atoms with Crippen LogP contribution in [0.4, 0.5) is 11.5 Å². The molecule has 0 aliphatic carbocycles. The molecule has 1 aromatic heterocycles. The van der Waals surface area contributed by atoms with Crippen molar-refractivity contribution < 1.29 is 4.92 Å². The summed E-state index contributed by atoms with van der Waals surface area (Å²) in [6.07, 6.45) is 0.981. The molecule has 1 aromatic carbocycles. The van der Waals surface area contributed by atoms with Crippen LogP contribution >= 0.6 is 0 Å². The van der Waals surface area contributed by atoms with Crippen LogP contribution in [0.5, 0.6) is 0 Å². The van der Waals surface area contributed by atoms with Crippen molar-refractivity contribution in [3.63, 3.8) is 0 Å². The maximum absolute atomic E-state index is 10.9. The first kappa shape index (κ1) is 13.1. The Morgan fingerprint density at radius 2 is 1.89 bits per heavy atom. The summed E-state index contributed by atoms with van der Waals surface area (Å²) in [7, 11) is 0. The van der Waals surface area contributed by atoms with Gasteiger partial charge >= 0.3 is 5.69 Å². The smallest absolute Gasteiger partial charge is 0.333 e. The lowest BCUT2D eigenvalue weighted by Crippen LogP contribution is -2.06. The molecule has 0 spiro atoms. The van der Waals surface area contributed by atoms with Crippen LogP contribution in [0.25, 0.3) is 0 Å². The van der Waals surface area contributed by atoms with Crippen molar-refractivity contribution in [1.29, 1.82) is 0 Å². The Morgan fingerprint density at radius 3 is 2.37 bits per heavy atom. The number of nitrogens with two attached hydrogens (primary N) is 1. The molecule has 1 heterocycles. The molecule has 0 atom stereocenters. The minimum Gasteiger partial charge on any atom is -0.378 e. The first-order valence-corrected chi connectivity index (χ1v) is 6.08. The highest BCUT2D eigenvalue weighted by atomic mass is 16.6. The van der Waals surface area contributed by atoms with E-state index in [0.717, 1.165) is 12.0 Å². The van der Waals surface area contributed by atoms with Gasteiger partial charge in [-0.25, -0.2) is 4.68 Å². The van der Waals surface area contributed by atoms with Crippen LogP contribution in [0.15, 0.2) is 24.3 Å². The molecule has 2 N–H and O–H groups in total. The molecule has 6 heteroatoms. The third-order valence-electron chi connectivity index (χ3n) is 3.08. The third-order valence-corrected chi connectivity index (χ3v) is 3.08. The number of nitro groups is 1.